The summed E-state index contributed by atoms with van der Waals surface area (Å²) in [5.41, 5.74) is 2.98. The molecule has 4 nitrogen and oxygen atoms in total. The molecular formula is C22H28N2O2. The first-order valence-electron chi connectivity index (χ1n) is 9.36. The third-order valence-corrected chi connectivity index (χ3v) is 5.09. The summed E-state index contributed by atoms with van der Waals surface area (Å²) in [6.07, 6.45) is 2.58. The number of benzene rings is 2. The SMILES string of the molecule is COc1cccc(C(=O)NC(C)c2ccc(N3CCCC(C)C3)cc2)c1. The van der Waals surface area contributed by atoms with Gasteiger partial charge in [-0.05, 0) is 61.6 Å². The molecule has 1 aliphatic heterocycles. The molecule has 2 aromatic rings. The van der Waals surface area contributed by atoms with Crippen LogP contribution in [0.1, 0.15) is 48.7 Å². The fourth-order valence-electron chi connectivity index (χ4n) is 3.53. The molecule has 1 fully saturated rings. The van der Waals surface area contributed by atoms with E-state index in [0.29, 0.717) is 11.3 Å². The summed E-state index contributed by atoms with van der Waals surface area (Å²) in [7, 11) is 1.60. The van der Waals surface area contributed by atoms with Crippen LogP contribution in [0.15, 0.2) is 48.5 Å². The van der Waals surface area contributed by atoms with Crippen molar-refractivity contribution in [1.82, 2.24) is 5.32 Å². The van der Waals surface area contributed by atoms with E-state index in [1.165, 1.54) is 18.5 Å². The molecule has 138 valence electrons. The predicted octanol–water partition coefficient (Wildman–Crippen LogP) is 4.42. The second-order valence-corrected chi connectivity index (χ2v) is 7.21. The normalized spacial score (nSPS) is 18.3. The first kappa shape index (κ1) is 18.3. The zero-order chi connectivity index (χ0) is 18.5. The Bertz CT molecular complexity index is 742. The molecular weight excluding hydrogens is 324 g/mol. The smallest absolute Gasteiger partial charge is 0.251 e. The molecule has 2 atom stereocenters. The summed E-state index contributed by atoms with van der Waals surface area (Å²) in [6, 6.07) is 15.7. The lowest BCUT2D eigenvalue weighted by atomic mass is 9.99. The number of piperidine rings is 1. The molecule has 0 bridgehead atoms. The van der Waals surface area contributed by atoms with Crippen molar-refractivity contribution in [1.29, 1.82) is 0 Å². The Labute approximate surface area is 156 Å². The molecule has 1 aliphatic rings. The van der Waals surface area contributed by atoms with E-state index in [-0.39, 0.29) is 11.9 Å². The van der Waals surface area contributed by atoms with Gasteiger partial charge in [-0.1, -0.05) is 25.1 Å². The Balaban J connectivity index is 1.64. The average molecular weight is 352 g/mol. The highest BCUT2D eigenvalue weighted by Crippen LogP contribution is 2.25. The van der Waals surface area contributed by atoms with E-state index in [9.17, 15) is 4.79 Å². The highest BCUT2D eigenvalue weighted by molar-refractivity contribution is 5.94. The quantitative estimate of drug-likeness (QED) is 0.866. The Morgan fingerprint density at radius 1 is 1.23 bits per heavy atom. The summed E-state index contributed by atoms with van der Waals surface area (Å²) in [4.78, 5) is 14.9. The van der Waals surface area contributed by atoms with E-state index in [4.69, 9.17) is 4.74 Å². The number of hydrogen-bond acceptors (Lipinski definition) is 3. The van der Waals surface area contributed by atoms with Gasteiger partial charge in [0.2, 0.25) is 0 Å². The third kappa shape index (κ3) is 4.37. The number of hydrogen-bond donors (Lipinski definition) is 1. The molecule has 1 saturated heterocycles. The molecule has 1 heterocycles. The van der Waals surface area contributed by atoms with Crippen molar-refractivity contribution < 1.29 is 9.53 Å². The minimum atomic E-state index is -0.0923. The molecule has 26 heavy (non-hydrogen) atoms. The van der Waals surface area contributed by atoms with E-state index in [1.54, 1.807) is 19.2 Å². The lowest BCUT2D eigenvalue weighted by Gasteiger charge is -2.33. The second-order valence-electron chi connectivity index (χ2n) is 7.21. The molecule has 4 heteroatoms. The van der Waals surface area contributed by atoms with Gasteiger partial charge in [0.1, 0.15) is 5.75 Å². The van der Waals surface area contributed by atoms with Gasteiger partial charge < -0.3 is 15.0 Å². The first-order valence-corrected chi connectivity index (χ1v) is 9.36. The number of nitrogens with zero attached hydrogens (tertiary/aromatic N) is 1. The van der Waals surface area contributed by atoms with Gasteiger partial charge in [-0.3, -0.25) is 4.79 Å². The summed E-state index contributed by atoms with van der Waals surface area (Å²) >= 11 is 0. The molecule has 0 aliphatic carbocycles. The van der Waals surface area contributed by atoms with Gasteiger partial charge in [0.25, 0.3) is 5.91 Å². The molecule has 0 spiro atoms. The number of ether oxygens (including phenoxy) is 1. The maximum atomic E-state index is 12.5. The lowest BCUT2D eigenvalue weighted by Crippen LogP contribution is -2.34. The van der Waals surface area contributed by atoms with Gasteiger partial charge in [-0.15, -0.1) is 0 Å². The van der Waals surface area contributed by atoms with Crippen LogP contribution in [0.5, 0.6) is 5.75 Å². The standard InChI is InChI=1S/C22H28N2O2/c1-16-6-5-13-24(15-16)20-11-9-18(10-12-20)17(2)23-22(25)19-7-4-8-21(14-19)26-3/h4,7-12,14,16-17H,5-6,13,15H2,1-3H3,(H,23,25). The van der Waals surface area contributed by atoms with Gasteiger partial charge in [0, 0.05) is 24.3 Å². The van der Waals surface area contributed by atoms with Crippen LogP contribution in [0.4, 0.5) is 5.69 Å². The van der Waals surface area contributed by atoms with Crippen molar-refractivity contribution in [2.45, 2.75) is 32.7 Å². The van der Waals surface area contributed by atoms with Crippen molar-refractivity contribution in [3.05, 3.63) is 59.7 Å². The maximum absolute atomic E-state index is 12.5. The van der Waals surface area contributed by atoms with Crippen LogP contribution in [-0.2, 0) is 0 Å². The van der Waals surface area contributed by atoms with Gasteiger partial charge in [-0.2, -0.15) is 0 Å². The van der Waals surface area contributed by atoms with Gasteiger partial charge in [0.15, 0.2) is 0 Å². The number of carbonyl (C=O) groups excluding carboxylic acids is 1. The van der Waals surface area contributed by atoms with Crippen molar-refractivity contribution in [3.8, 4) is 5.75 Å². The average Bonchev–Trinajstić information content (AvgIpc) is 2.68. The largest absolute Gasteiger partial charge is 0.497 e. The van der Waals surface area contributed by atoms with Crippen molar-refractivity contribution in [3.63, 3.8) is 0 Å². The second kappa shape index (κ2) is 8.26. The Hall–Kier alpha value is -2.49. The molecule has 1 amide bonds. The molecule has 3 rings (SSSR count). The monoisotopic (exact) mass is 352 g/mol. The minimum absolute atomic E-state index is 0.0527. The maximum Gasteiger partial charge on any atom is 0.251 e. The van der Waals surface area contributed by atoms with Crippen LogP contribution in [0, 0.1) is 5.92 Å². The number of anilines is 1. The number of amides is 1. The number of methoxy groups -OCH3 is 1. The van der Waals surface area contributed by atoms with Gasteiger partial charge in [0.05, 0.1) is 13.2 Å². The van der Waals surface area contributed by atoms with E-state index < -0.39 is 0 Å². The molecule has 0 radical (unpaired) electrons. The summed E-state index contributed by atoms with van der Waals surface area (Å²) < 4.78 is 5.19. The molecule has 1 N–H and O–H groups in total. The molecule has 2 unspecified atom stereocenters. The summed E-state index contributed by atoms with van der Waals surface area (Å²) in [5, 5.41) is 3.06. The van der Waals surface area contributed by atoms with Crippen LogP contribution in [0.2, 0.25) is 0 Å². The third-order valence-electron chi connectivity index (χ3n) is 5.09. The van der Waals surface area contributed by atoms with Crippen LogP contribution < -0.4 is 15.0 Å². The topological polar surface area (TPSA) is 41.6 Å². The molecule has 0 saturated carbocycles. The summed E-state index contributed by atoms with van der Waals surface area (Å²) in [5.74, 6) is 1.35. The van der Waals surface area contributed by atoms with Crippen molar-refractivity contribution in [2.75, 3.05) is 25.1 Å². The molecule has 0 aromatic heterocycles. The fourth-order valence-corrected chi connectivity index (χ4v) is 3.53. The molecule has 2 aromatic carbocycles. The van der Waals surface area contributed by atoms with Crippen molar-refractivity contribution >= 4 is 11.6 Å². The highest BCUT2D eigenvalue weighted by Gasteiger charge is 2.17. The number of nitrogens with one attached hydrogen (secondary N) is 1. The van der Waals surface area contributed by atoms with Gasteiger partial charge in [-0.25, -0.2) is 0 Å². The summed E-state index contributed by atoms with van der Waals surface area (Å²) in [6.45, 7) is 6.58. The predicted molar refractivity (Wildman–Crippen MR) is 106 cm³/mol. The zero-order valence-electron chi connectivity index (χ0n) is 15.9. The first-order chi connectivity index (χ1) is 12.6. The zero-order valence-corrected chi connectivity index (χ0v) is 15.9. The van der Waals surface area contributed by atoms with E-state index in [0.717, 1.165) is 24.6 Å². The fraction of sp³-hybridized carbons (Fsp3) is 0.409. The van der Waals surface area contributed by atoms with Crippen LogP contribution in [0.3, 0.4) is 0 Å². The van der Waals surface area contributed by atoms with Crippen LogP contribution >= 0.6 is 0 Å². The van der Waals surface area contributed by atoms with Crippen LogP contribution in [0.25, 0.3) is 0 Å². The highest BCUT2D eigenvalue weighted by atomic mass is 16.5. The van der Waals surface area contributed by atoms with E-state index in [1.807, 2.05) is 19.1 Å². The van der Waals surface area contributed by atoms with Crippen molar-refractivity contribution in [2.24, 2.45) is 5.92 Å². The number of rotatable bonds is 5. The van der Waals surface area contributed by atoms with E-state index >= 15 is 0 Å². The Morgan fingerprint density at radius 2 is 2.00 bits per heavy atom. The Kier molecular flexibility index (Phi) is 5.82. The van der Waals surface area contributed by atoms with E-state index in [2.05, 4.69) is 41.4 Å². The van der Waals surface area contributed by atoms with Crippen LogP contribution in [-0.4, -0.2) is 26.1 Å². The minimum Gasteiger partial charge on any atom is -0.497 e. The Morgan fingerprint density at radius 3 is 2.69 bits per heavy atom. The number of carbonyl (C=O) groups is 1. The van der Waals surface area contributed by atoms with Gasteiger partial charge >= 0.3 is 0 Å². The lowest BCUT2D eigenvalue weighted by molar-refractivity contribution is 0.0939.